The van der Waals surface area contributed by atoms with Crippen molar-refractivity contribution < 1.29 is 0 Å². The van der Waals surface area contributed by atoms with Crippen molar-refractivity contribution >= 4 is 5.69 Å². The Morgan fingerprint density at radius 1 is 1.21 bits per heavy atom. The van der Waals surface area contributed by atoms with E-state index in [1.165, 1.54) is 25.8 Å². The van der Waals surface area contributed by atoms with E-state index in [4.69, 9.17) is 5.73 Å². The molecule has 1 aromatic rings. The fourth-order valence-electron chi connectivity index (χ4n) is 3.97. The molecule has 1 aromatic heterocycles. The van der Waals surface area contributed by atoms with E-state index in [0.717, 1.165) is 44.6 Å². The highest BCUT2D eigenvalue weighted by Crippen LogP contribution is 2.21. The Hall–Kier alpha value is -1.40. The Labute approximate surface area is 144 Å². The molecule has 0 saturated carbocycles. The van der Waals surface area contributed by atoms with E-state index >= 15 is 0 Å². The molecule has 0 spiro atoms. The number of likely N-dealkylation sites (tertiary alicyclic amines) is 1. The van der Waals surface area contributed by atoms with Gasteiger partial charge < -0.3 is 15.5 Å². The number of nitrogens with two attached hydrogens (primary N) is 1. The Bertz CT molecular complexity index is 579. The molecule has 2 fully saturated rings. The summed E-state index contributed by atoms with van der Waals surface area (Å²) in [5.74, 6) is 0.627. The lowest BCUT2D eigenvalue weighted by Crippen LogP contribution is -2.38. The number of aryl methyl sites for hydroxylation is 1. The van der Waals surface area contributed by atoms with Gasteiger partial charge in [0.1, 0.15) is 0 Å². The maximum absolute atomic E-state index is 12.4. The number of anilines is 1. The van der Waals surface area contributed by atoms with Gasteiger partial charge in [-0.05, 0) is 58.2 Å². The quantitative estimate of drug-likeness (QED) is 0.879. The minimum atomic E-state index is 0.0203. The van der Waals surface area contributed by atoms with Crippen LogP contribution in [0.1, 0.15) is 38.5 Å². The summed E-state index contributed by atoms with van der Waals surface area (Å²) < 4.78 is 1.62. The lowest BCUT2D eigenvalue weighted by atomic mass is 9.97. The van der Waals surface area contributed by atoms with E-state index in [2.05, 4.69) is 21.9 Å². The average Bonchev–Trinajstić information content (AvgIpc) is 2.62. The van der Waals surface area contributed by atoms with Crippen LogP contribution in [0.4, 0.5) is 5.69 Å². The predicted molar refractivity (Wildman–Crippen MR) is 97.4 cm³/mol. The first-order valence-corrected chi connectivity index (χ1v) is 9.40. The van der Waals surface area contributed by atoms with E-state index in [1.54, 1.807) is 10.7 Å². The lowest BCUT2D eigenvalue weighted by Gasteiger charge is -2.33. The van der Waals surface area contributed by atoms with Crippen LogP contribution in [0.5, 0.6) is 0 Å². The van der Waals surface area contributed by atoms with Crippen molar-refractivity contribution in [1.29, 1.82) is 0 Å². The molecule has 0 amide bonds. The Balaban J connectivity index is 1.57. The molecule has 134 valence electrons. The van der Waals surface area contributed by atoms with E-state index in [9.17, 15) is 4.79 Å². The molecule has 3 heterocycles. The van der Waals surface area contributed by atoms with Crippen LogP contribution in [0.15, 0.2) is 17.1 Å². The van der Waals surface area contributed by atoms with Crippen molar-refractivity contribution in [2.45, 2.75) is 51.1 Å². The van der Waals surface area contributed by atoms with Gasteiger partial charge in [-0.3, -0.25) is 4.79 Å². The summed E-state index contributed by atoms with van der Waals surface area (Å²) >= 11 is 0. The van der Waals surface area contributed by atoms with Crippen LogP contribution in [-0.4, -0.2) is 53.9 Å². The Morgan fingerprint density at radius 3 is 2.67 bits per heavy atom. The van der Waals surface area contributed by atoms with Crippen LogP contribution >= 0.6 is 0 Å². The normalized spacial score (nSPS) is 23.6. The third kappa shape index (κ3) is 4.16. The van der Waals surface area contributed by atoms with Crippen molar-refractivity contribution in [2.75, 3.05) is 38.1 Å². The van der Waals surface area contributed by atoms with E-state index in [-0.39, 0.29) is 5.56 Å². The highest BCUT2D eigenvalue weighted by atomic mass is 16.1. The van der Waals surface area contributed by atoms with Crippen molar-refractivity contribution in [3.8, 4) is 0 Å². The second-order valence-electron chi connectivity index (χ2n) is 7.36. The van der Waals surface area contributed by atoms with Crippen molar-refractivity contribution in [1.82, 2.24) is 14.7 Å². The Kier molecular flexibility index (Phi) is 5.89. The molecule has 3 rings (SSSR count). The van der Waals surface area contributed by atoms with Gasteiger partial charge in [-0.15, -0.1) is 0 Å². The number of hydrogen-bond donors (Lipinski definition) is 1. The number of piperidine rings is 2. The van der Waals surface area contributed by atoms with Gasteiger partial charge in [0.2, 0.25) is 0 Å². The topological polar surface area (TPSA) is 67.4 Å². The minimum absolute atomic E-state index is 0.0203. The fraction of sp³-hybridized carbons (Fsp3) is 0.778. The van der Waals surface area contributed by atoms with Gasteiger partial charge in [-0.1, -0.05) is 6.42 Å². The highest BCUT2D eigenvalue weighted by Gasteiger charge is 2.20. The molecule has 0 unspecified atom stereocenters. The molecule has 0 radical (unpaired) electrons. The van der Waals surface area contributed by atoms with Crippen molar-refractivity contribution in [2.24, 2.45) is 11.7 Å². The van der Waals surface area contributed by atoms with Crippen LogP contribution in [0.3, 0.4) is 0 Å². The SMILES string of the molecule is CN1CCCC[C@@H]1CCn1ncc(N2CCC(CN)CC2)cc1=O. The van der Waals surface area contributed by atoms with Gasteiger partial charge in [-0.25, -0.2) is 4.68 Å². The van der Waals surface area contributed by atoms with Gasteiger partial charge in [0, 0.05) is 31.7 Å². The average molecular weight is 333 g/mol. The molecule has 0 bridgehead atoms. The molecule has 1 atom stereocenters. The maximum atomic E-state index is 12.4. The second kappa shape index (κ2) is 8.12. The summed E-state index contributed by atoms with van der Waals surface area (Å²) in [6.45, 7) is 4.59. The molecule has 2 aliphatic heterocycles. The molecule has 6 nitrogen and oxygen atoms in total. The third-order valence-corrected chi connectivity index (χ3v) is 5.76. The van der Waals surface area contributed by atoms with Crippen LogP contribution < -0.4 is 16.2 Å². The lowest BCUT2D eigenvalue weighted by molar-refractivity contribution is 0.169. The summed E-state index contributed by atoms with van der Waals surface area (Å²) in [6, 6.07) is 2.34. The molecule has 2 N–H and O–H groups in total. The summed E-state index contributed by atoms with van der Waals surface area (Å²) in [5.41, 5.74) is 6.73. The van der Waals surface area contributed by atoms with Crippen molar-refractivity contribution in [3.05, 3.63) is 22.6 Å². The third-order valence-electron chi connectivity index (χ3n) is 5.76. The summed E-state index contributed by atoms with van der Waals surface area (Å²) in [6.07, 6.45) is 8.90. The zero-order valence-corrected chi connectivity index (χ0v) is 14.9. The van der Waals surface area contributed by atoms with Crippen LogP contribution in [0.2, 0.25) is 0 Å². The molecule has 6 heteroatoms. The monoisotopic (exact) mass is 333 g/mol. The van der Waals surface area contributed by atoms with Crippen LogP contribution in [0.25, 0.3) is 0 Å². The predicted octanol–water partition coefficient (Wildman–Crippen LogP) is 1.29. The zero-order valence-electron chi connectivity index (χ0n) is 14.9. The van der Waals surface area contributed by atoms with Gasteiger partial charge >= 0.3 is 0 Å². The number of nitrogens with zero attached hydrogens (tertiary/aromatic N) is 4. The summed E-state index contributed by atoms with van der Waals surface area (Å²) in [7, 11) is 2.19. The van der Waals surface area contributed by atoms with Crippen molar-refractivity contribution in [3.63, 3.8) is 0 Å². The standard InChI is InChI=1S/C18H31N5O/c1-21-8-3-2-4-16(21)7-11-23-18(24)12-17(14-20-23)22-9-5-15(13-19)6-10-22/h12,14-16H,2-11,13,19H2,1H3/t16-/m1/s1. The molecular weight excluding hydrogens is 302 g/mol. The number of hydrogen-bond acceptors (Lipinski definition) is 5. The zero-order chi connectivity index (χ0) is 16.9. The molecule has 24 heavy (non-hydrogen) atoms. The molecule has 2 saturated heterocycles. The molecule has 0 aliphatic carbocycles. The second-order valence-corrected chi connectivity index (χ2v) is 7.36. The minimum Gasteiger partial charge on any atom is -0.370 e. The highest BCUT2D eigenvalue weighted by molar-refractivity contribution is 5.43. The first kappa shape index (κ1) is 17.4. The number of aromatic nitrogens is 2. The summed E-state index contributed by atoms with van der Waals surface area (Å²) in [5, 5.41) is 4.42. The largest absolute Gasteiger partial charge is 0.370 e. The Morgan fingerprint density at radius 2 is 2.00 bits per heavy atom. The number of rotatable bonds is 5. The first-order chi connectivity index (χ1) is 11.7. The fourth-order valence-corrected chi connectivity index (χ4v) is 3.97. The van der Waals surface area contributed by atoms with E-state index < -0.39 is 0 Å². The van der Waals surface area contributed by atoms with E-state index in [1.807, 2.05) is 6.20 Å². The van der Waals surface area contributed by atoms with Gasteiger partial charge in [-0.2, -0.15) is 5.10 Å². The molecule has 2 aliphatic rings. The van der Waals surface area contributed by atoms with Crippen LogP contribution in [-0.2, 0) is 6.54 Å². The molecular formula is C18H31N5O. The smallest absolute Gasteiger partial charge is 0.268 e. The maximum Gasteiger partial charge on any atom is 0.268 e. The molecule has 0 aromatic carbocycles. The first-order valence-electron chi connectivity index (χ1n) is 9.40. The van der Waals surface area contributed by atoms with Gasteiger partial charge in [0.25, 0.3) is 5.56 Å². The van der Waals surface area contributed by atoms with Crippen LogP contribution in [0, 0.1) is 5.92 Å². The summed E-state index contributed by atoms with van der Waals surface area (Å²) in [4.78, 5) is 17.1. The van der Waals surface area contributed by atoms with Gasteiger partial charge in [0.15, 0.2) is 0 Å². The van der Waals surface area contributed by atoms with Gasteiger partial charge in [0.05, 0.1) is 11.9 Å². The van der Waals surface area contributed by atoms with E-state index in [0.29, 0.717) is 18.5 Å².